The molecule has 0 spiro atoms. The molecule has 4 rings (SSSR count). The molecule has 1 saturated heterocycles. The normalized spacial score (nSPS) is 14.1. The number of halogens is 1. The number of anilines is 1. The number of hydrogen-bond donors (Lipinski definition) is 0. The molecule has 0 radical (unpaired) electrons. The van der Waals surface area contributed by atoms with Crippen LogP contribution in [0, 0.1) is 12.7 Å². The SMILES string of the molecule is Cc1ccc(CC(=O)N2CCN(c3cc(-c4ccc(F)cc4)ncn3)CC2)cc1. The zero-order chi connectivity index (χ0) is 20.2. The summed E-state index contributed by atoms with van der Waals surface area (Å²) in [5.74, 6) is 0.711. The molecule has 0 unspecified atom stereocenters. The van der Waals surface area contributed by atoms with Crippen molar-refractivity contribution in [1.82, 2.24) is 14.9 Å². The van der Waals surface area contributed by atoms with E-state index in [4.69, 9.17) is 0 Å². The minimum Gasteiger partial charge on any atom is -0.353 e. The average molecular weight is 390 g/mol. The van der Waals surface area contributed by atoms with Crippen molar-refractivity contribution < 1.29 is 9.18 Å². The minimum atomic E-state index is -0.269. The van der Waals surface area contributed by atoms with Crippen LogP contribution >= 0.6 is 0 Å². The quantitative estimate of drug-likeness (QED) is 0.684. The number of carbonyl (C=O) groups excluding carboxylic acids is 1. The van der Waals surface area contributed by atoms with E-state index in [2.05, 4.69) is 14.9 Å². The van der Waals surface area contributed by atoms with Crippen molar-refractivity contribution in [2.45, 2.75) is 13.3 Å². The van der Waals surface area contributed by atoms with Gasteiger partial charge in [0.25, 0.3) is 0 Å². The Morgan fingerprint density at radius 3 is 2.34 bits per heavy atom. The number of piperazine rings is 1. The highest BCUT2D eigenvalue weighted by atomic mass is 19.1. The molecule has 0 saturated carbocycles. The molecule has 3 aromatic rings. The van der Waals surface area contributed by atoms with E-state index in [-0.39, 0.29) is 11.7 Å². The average Bonchev–Trinajstić information content (AvgIpc) is 2.76. The Morgan fingerprint density at radius 1 is 0.966 bits per heavy atom. The van der Waals surface area contributed by atoms with Crippen LogP contribution in [0.1, 0.15) is 11.1 Å². The lowest BCUT2D eigenvalue weighted by atomic mass is 10.1. The maximum absolute atomic E-state index is 13.2. The highest BCUT2D eigenvalue weighted by molar-refractivity contribution is 5.79. The smallest absolute Gasteiger partial charge is 0.227 e. The molecule has 1 aliphatic heterocycles. The van der Waals surface area contributed by atoms with Gasteiger partial charge in [0, 0.05) is 37.8 Å². The number of aromatic nitrogens is 2. The van der Waals surface area contributed by atoms with Crippen LogP contribution < -0.4 is 4.90 Å². The molecule has 0 bridgehead atoms. The fraction of sp³-hybridized carbons (Fsp3) is 0.261. The molecule has 0 N–H and O–H groups in total. The zero-order valence-electron chi connectivity index (χ0n) is 16.4. The molecule has 0 atom stereocenters. The number of amides is 1. The van der Waals surface area contributed by atoms with E-state index in [0.717, 1.165) is 35.7 Å². The van der Waals surface area contributed by atoms with Crippen molar-refractivity contribution in [2.75, 3.05) is 31.1 Å². The molecule has 6 heteroatoms. The van der Waals surface area contributed by atoms with Crippen LogP contribution in [-0.4, -0.2) is 47.0 Å². The molecule has 2 aromatic carbocycles. The standard InChI is InChI=1S/C23H23FN4O/c1-17-2-4-18(5-3-17)14-23(29)28-12-10-27(11-13-28)22-15-21(25-16-26-22)19-6-8-20(24)9-7-19/h2-9,15-16H,10-14H2,1H3. The van der Waals surface area contributed by atoms with Crippen molar-refractivity contribution in [3.8, 4) is 11.3 Å². The first-order valence-electron chi connectivity index (χ1n) is 9.75. The van der Waals surface area contributed by atoms with Gasteiger partial charge in [-0.3, -0.25) is 4.79 Å². The van der Waals surface area contributed by atoms with E-state index in [9.17, 15) is 9.18 Å². The summed E-state index contributed by atoms with van der Waals surface area (Å²) in [5, 5.41) is 0. The first-order valence-corrected chi connectivity index (χ1v) is 9.75. The predicted octanol–water partition coefficient (Wildman–Crippen LogP) is 3.48. The highest BCUT2D eigenvalue weighted by Crippen LogP contribution is 2.22. The summed E-state index contributed by atoms with van der Waals surface area (Å²) < 4.78 is 13.2. The Kier molecular flexibility index (Phi) is 5.51. The second-order valence-corrected chi connectivity index (χ2v) is 7.30. The van der Waals surface area contributed by atoms with Gasteiger partial charge in [-0.1, -0.05) is 29.8 Å². The van der Waals surface area contributed by atoms with Crippen molar-refractivity contribution >= 4 is 11.7 Å². The number of nitrogens with zero attached hydrogens (tertiary/aromatic N) is 4. The summed E-state index contributed by atoms with van der Waals surface area (Å²) in [6.07, 6.45) is 1.96. The maximum Gasteiger partial charge on any atom is 0.227 e. The van der Waals surface area contributed by atoms with E-state index < -0.39 is 0 Å². The molecule has 1 amide bonds. The number of benzene rings is 2. The van der Waals surface area contributed by atoms with Crippen LogP contribution in [0.5, 0.6) is 0 Å². The Morgan fingerprint density at radius 2 is 1.66 bits per heavy atom. The molecular formula is C23H23FN4O. The van der Waals surface area contributed by atoms with Gasteiger partial charge in [-0.2, -0.15) is 0 Å². The number of carbonyl (C=O) groups is 1. The Balaban J connectivity index is 1.38. The first kappa shape index (κ1) is 19.1. The minimum absolute atomic E-state index is 0.156. The molecule has 0 aliphatic carbocycles. The van der Waals surface area contributed by atoms with Gasteiger partial charge in [0.1, 0.15) is 18.0 Å². The summed E-state index contributed by atoms with van der Waals surface area (Å²) in [4.78, 5) is 25.4. The zero-order valence-corrected chi connectivity index (χ0v) is 16.4. The van der Waals surface area contributed by atoms with E-state index >= 15 is 0 Å². The van der Waals surface area contributed by atoms with Gasteiger partial charge in [0.2, 0.25) is 5.91 Å². The summed E-state index contributed by atoms with van der Waals surface area (Å²) in [7, 11) is 0. The van der Waals surface area contributed by atoms with Gasteiger partial charge in [-0.05, 0) is 36.8 Å². The Bertz CT molecular complexity index is 981. The largest absolute Gasteiger partial charge is 0.353 e. The fourth-order valence-corrected chi connectivity index (χ4v) is 3.48. The summed E-state index contributed by atoms with van der Waals surface area (Å²) in [5.41, 5.74) is 3.84. The molecule has 2 heterocycles. The third-order valence-electron chi connectivity index (χ3n) is 5.22. The van der Waals surface area contributed by atoms with Crippen LogP contribution in [0.2, 0.25) is 0 Å². The van der Waals surface area contributed by atoms with E-state index in [1.54, 1.807) is 12.1 Å². The fourth-order valence-electron chi connectivity index (χ4n) is 3.48. The number of hydrogen-bond acceptors (Lipinski definition) is 4. The van der Waals surface area contributed by atoms with E-state index in [1.165, 1.54) is 24.0 Å². The monoisotopic (exact) mass is 390 g/mol. The number of rotatable bonds is 4. The van der Waals surface area contributed by atoms with Crippen molar-refractivity contribution in [2.24, 2.45) is 0 Å². The van der Waals surface area contributed by atoms with E-state index in [1.807, 2.05) is 42.2 Å². The lowest BCUT2D eigenvalue weighted by molar-refractivity contribution is -0.130. The molecular weight excluding hydrogens is 367 g/mol. The highest BCUT2D eigenvalue weighted by Gasteiger charge is 2.22. The van der Waals surface area contributed by atoms with Gasteiger partial charge in [0.15, 0.2) is 0 Å². The van der Waals surface area contributed by atoms with Crippen LogP contribution in [0.25, 0.3) is 11.3 Å². The van der Waals surface area contributed by atoms with Crippen molar-refractivity contribution in [3.05, 3.63) is 77.9 Å². The molecule has 1 aliphatic rings. The van der Waals surface area contributed by atoms with Gasteiger partial charge >= 0.3 is 0 Å². The third kappa shape index (κ3) is 4.59. The molecule has 5 nitrogen and oxygen atoms in total. The second-order valence-electron chi connectivity index (χ2n) is 7.30. The first-order chi connectivity index (χ1) is 14.1. The van der Waals surface area contributed by atoms with Crippen LogP contribution in [-0.2, 0) is 11.2 Å². The maximum atomic E-state index is 13.2. The van der Waals surface area contributed by atoms with Crippen molar-refractivity contribution in [1.29, 1.82) is 0 Å². The second kappa shape index (κ2) is 8.39. The van der Waals surface area contributed by atoms with Gasteiger partial charge in [-0.15, -0.1) is 0 Å². The molecule has 29 heavy (non-hydrogen) atoms. The lowest BCUT2D eigenvalue weighted by Gasteiger charge is -2.35. The molecule has 1 aromatic heterocycles. The van der Waals surface area contributed by atoms with Gasteiger partial charge < -0.3 is 9.80 Å². The summed E-state index contributed by atoms with van der Waals surface area (Å²) >= 11 is 0. The predicted molar refractivity (Wildman–Crippen MR) is 111 cm³/mol. The van der Waals surface area contributed by atoms with E-state index in [0.29, 0.717) is 19.5 Å². The lowest BCUT2D eigenvalue weighted by Crippen LogP contribution is -2.49. The van der Waals surface area contributed by atoms with Crippen molar-refractivity contribution in [3.63, 3.8) is 0 Å². The van der Waals surface area contributed by atoms with Crippen LogP contribution in [0.4, 0.5) is 10.2 Å². The third-order valence-corrected chi connectivity index (χ3v) is 5.22. The topological polar surface area (TPSA) is 49.3 Å². The van der Waals surface area contributed by atoms with Crippen LogP contribution in [0.15, 0.2) is 60.9 Å². The number of aryl methyl sites for hydroxylation is 1. The van der Waals surface area contributed by atoms with Gasteiger partial charge in [-0.25, -0.2) is 14.4 Å². The summed E-state index contributed by atoms with van der Waals surface area (Å²) in [6, 6.07) is 16.3. The van der Waals surface area contributed by atoms with Crippen LogP contribution in [0.3, 0.4) is 0 Å². The molecule has 1 fully saturated rings. The molecule has 148 valence electrons. The van der Waals surface area contributed by atoms with Gasteiger partial charge in [0.05, 0.1) is 12.1 Å². The summed E-state index contributed by atoms with van der Waals surface area (Å²) in [6.45, 7) is 4.82. The Hall–Kier alpha value is -3.28. The Labute approximate surface area is 169 Å².